The molecule has 0 radical (unpaired) electrons. The fraction of sp³-hybridized carbons (Fsp3) is 0.500. The topological polar surface area (TPSA) is 81.6 Å². The molecular formula is C14H20N6. The first kappa shape index (κ1) is 12.9. The highest BCUT2D eigenvalue weighted by atomic mass is 15.2. The van der Waals surface area contributed by atoms with Crippen LogP contribution in [0.25, 0.3) is 0 Å². The predicted molar refractivity (Wildman–Crippen MR) is 78.6 cm³/mol. The van der Waals surface area contributed by atoms with Crippen LogP contribution in [0, 0.1) is 6.92 Å². The number of nitrogen functional groups attached to an aromatic ring is 1. The van der Waals surface area contributed by atoms with Gasteiger partial charge in [0, 0.05) is 37.7 Å². The minimum absolute atomic E-state index is 0.509. The van der Waals surface area contributed by atoms with Gasteiger partial charge in [0.15, 0.2) is 0 Å². The largest absolute Gasteiger partial charge is 0.383 e. The molecule has 1 aliphatic rings. The summed E-state index contributed by atoms with van der Waals surface area (Å²) in [5, 5.41) is 7.71. The number of nitrogens with two attached hydrogens (primary N) is 1. The lowest BCUT2D eigenvalue weighted by molar-refractivity contribution is 0.741. The van der Waals surface area contributed by atoms with Gasteiger partial charge in [0.1, 0.15) is 17.5 Å². The Hall–Kier alpha value is -2.11. The lowest BCUT2D eigenvalue weighted by atomic mass is 10.2. The van der Waals surface area contributed by atoms with Gasteiger partial charge in [0.2, 0.25) is 0 Å². The van der Waals surface area contributed by atoms with Crippen LogP contribution >= 0.6 is 0 Å². The second kappa shape index (κ2) is 5.11. The molecule has 2 aromatic rings. The van der Waals surface area contributed by atoms with Crippen molar-refractivity contribution in [1.29, 1.82) is 0 Å². The molecule has 3 rings (SSSR count). The summed E-state index contributed by atoms with van der Waals surface area (Å²) in [6.45, 7) is 2.74. The van der Waals surface area contributed by atoms with Crippen LogP contribution in [0.5, 0.6) is 0 Å². The molecule has 0 bridgehead atoms. The van der Waals surface area contributed by atoms with E-state index in [0.717, 1.165) is 35.9 Å². The molecular weight excluding hydrogens is 252 g/mol. The highest BCUT2D eigenvalue weighted by Gasteiger charge is 2.27. The Bertz CT molecular complexity index is 614. The number of hydrogen-bond acceptors (Lipinski definition) is 5. The Kier molecular flexibility index (Phi) is 3.30. The van der Waals surface area contributed by atoms with E-state index in [2.05, 4.69) is 20.4 Å². The van der Waals surface area contributed by atoms with Gasteiger partial charge < -0.3 is 11.1 Å². The molecule has 1 aliphatic carbocycles. The highest BCUT2D eigenvalue weighted by molar-refractivity contribution is 5.55. The summed E-state index contributed by atoms with van der Waals surface area (Å²) in [6, 6.07) is 2.03. The molecule has 6 nitrogen and oxygen atoms in total. The van der Waals surface area contributed by atoms with Gasteiger partial charge in [-0.3, -0.25) is 4.68 Å². The molecule has 0 aliphatic heterocycles. The van der Waals surface area contributed by atoms with Crippen molar-refractivity contribution in [2.45, 2.75) is 32.1 Å². The monoisotopic (exact) mass is 272 g/mol. The average Bonchev–Trinajstić information content (AvgIpc) is 3.18. The van der Waals surface area contributed by atoms with E-state index in [1.54, 1.807) is 0 Å². The number of nitrogens with zero attached hydrogens (tertiary/aromatic N) is 4. The zero-order chi connectivity index (χ0) is 14.1. The van der Waals surface area contributed by atoms with Crippen molar-refractivity contribution in [2.75, 3.05) is 17.6 Å². The first-order valence-corrected chi connectivity index (χ1v) is 7.00. The second-order valence-electron chi connectivity index (χ2n) is 5.37. The van der Waals surface area contributed by atoms with Gasteiger partial charge in [-0.1, -0.05) is 0 Å². The van der Waals surface area contributed by atoms with E-state index in [-0.39, 0.29) is 0 Å². The molecule has 0 saturated heterocycles. The lowest BCUT2D eigenvalue weighted by Crippen LogP contribution is -2.12. The highest BCUT2D eigenvalue weighted by Crippen LogP contribution is 2.39. The quantitative estimate of drug-likeness (QED) is 0.864. The Morgan fingerprint density at radius 3 is 2.85 bits per heavy atom. The van der Waals surface area contributed by atoms with E-state index in [4.69, 9.17) is 5.73 Å². The molecule has 1 fully saturated rings. The molecule has 0 aromatic carbocycles. The molecule has 106 valence electrons. The number of rotatable bonds is 5. The Labute approximate surface area is 118 Å². The average molecular weight is 272 g/mol. The van der Waals surface area contributed by atoms with E-state index in [0.29, 0.717) is 11.7 Å². The standard InChI is InChI=1S/C14H20N6/c1-9-12(15)17-14(10-3-4-10)18-13(9)16-7-5-11-6-8-20(2)19-11/h6,8,10H,3-5,7H2,1-2H3,(H3,15,16,17,18). The van der Waals surface area contributed by atoms with Crippen molar-refractivity contribution in [3.8, 4) is 0 Å². The minimum Gasteiger partial charge on any atom is -0.383 e. The molecule has 3 N–H and O–H groups in total. The van der Waals surface area contributed by atoms with E-state index >= 15 is 0 Å². The van der Waals surface area contributed by atoms with Crippen molar-refractivity contribution in [3.05, 3.63) is 29.3 Å². The van der Waals surface area contributed by atoms with Crippen LogP contribution in [-0.4, -0.2) is 26.3 Å². The zero-order valence-electron chi connectivity index (χ0n) is 11.9. The molecule has 0 unspecified atom stereocenters. The first-order valence-electron chi connectivity index (χ1n) is 7.00. The van der Waals surface area contributed by atoms with Gasteiger partial charge in [-0.15, -0.1) is 0 Å². The van der Waals surface area contributed by atoms with Gasteiger partial charge in [0.25, 0.3) is 0 Å². The van der Waals surface area contributed by atoms with Crippen molar-refractivity contribution < 1.29 is 0 Å². The zero-order valence-corrected chi connectivity index (χ0v) is 11.9. The normalized spacial score (nSPS) is 14.5. The maximum absolute atomic E-state index is 5.97. The Morgan fingerprint density at radius 2 is 2.20 bits per heavy atom. The van der Waals surface area contributed by atoms with Gasteiger partial charge in [-0.05, 0) is 25.8 Å². The van der Waals surface area contributed by atoms with E-state index in [1.807, 2.05) is 30.9 Å². The fourth-order valence-electron chi connectivity index (χ4n) is 2.15. The number of anilines is 2. The van der Waals surface area contributed by atoms with Crippen molar-refractivity contribution in [3.63, 3.8) is 0 Å². The first-order chi connectivity index (χ1) is 9.63. The molecule has 0 amide bonds. The predicted octanol–water partition coefficient (Wildman–Crippen LogP) is 1.63. The molecule has 0 spiro atoms. The third-order valence-corrected chi connectivity index (χ3v) is 3.59. The maximum Gasteiger partial charge on any atom is 0.136 e. The Balaban J connectivity index is 1.67. The summed E-state index contributed by atoms with van der Waals surface area (Å²) in [7, 11) is 1.92. The van der Waals surface area contributed by atoms with Crippen LogP contribution in [0.3, 0.4) is 0 Å². The summed E-state index contributed by atoms with van der Waals surface area (Å²) in [5.74, 6) is 2.83. The van der Waals surface area contributed by atoms with Crippen molar-refractivity contribution in [1.82, 2.24) is 19.7 Å². The smallest absolute Gasteiger partial charge is 0.136 e. The van der Waals surface area contributed by atoms with Gasteiger partial charge in [-0.2, -0.15) is 5.10 Å². The minimum atomic E-state index is 0.509. The maximum atomic E-state index is 5.97. The SMILES string of the molecule is Cc1c(N)nc(C2CC2)nc1NCCc1ccn(C)n1. The number of aromatic nitrogens is 4. The fourth-order valence-corrected chi connectivity index (χ4v) is 2.15. The Morgan fingerprint density at radius 1 is 1.40 bits per heavy atom. The van der Waals surface area contributed by atoms with Crippen LogP contribution in [0.2, 0.25) is 0 Å². The van der Waals surface area contributed by atoms with Crippen LogP contribution in [-0.2, 0) is 13.5 Å². The van der Waals surface area contributed by atoms with E-state index in [1.165, 1.54) is 12.8 Å². The molecule has 6 heteroatoms. The number of aryl methyl sites for hydroxylation is 1. The summed E-state index contributed by atoms with van der Waals surface area (Å²) >= 11 is 0. The molecule has 1 saturated carbocycles. The lowest BCUT2D eigenvalue weighted by Gasteiger charge is -2.11. The van der Waals surface area contributed by atoms with Crippen LogP contribution < -0.4 is 11.1 Å². The summed E-state index contributed by atoms with van der Waals surface area (Å²) in [4.78, 5) is 8.98. The van der Waals surface area contributed by atoms with E-state index < -0.39 is 0 Å². The summed E-state index contributed by atoms with van der Waals surface area (Å²) in [5.41, 5.74) is 7.96. The molecule has 20 heavy (non-hydrogen) atoms. The molecule has 2 heterocycles. The van der Waals surface area contributed by atoms with Crippen LogP contribution in [0.1, 0.15) is 35.8 Å². The molecule has 0 atom stereocenters. The summed E-state index contributed by atoms with van der Waals surface area (Å²) in [6.07, 6.45) is 5.17. The van der Waals surface area contributed by atoms with Gasteiger partial charge >= 0.3 is 0 Å². The number of nitrogens with one attached hydrogen (secondary N) is 1. The van der Waals surface area contributed by atoms with Crippen LogP contribution in [0.15, 0.2) is 12.3 Å². The third-order valence-electron chi connectivity index (χ3n) is 3.59. The van der Waals surface area contributed by atoms with Gasteiger partial charge in [-0.25, -0.2) is 9.97 Å². The second-order valence-corrected chi connectivity index (χ2v) is 5.37. The summed E-state index contributed by atoms with van der Waals surface area (Å²) < 4.78 is 1.81. The van der Waals surface area contributed by atoms with Gasteiger partial charge in [0.05, 0.1) is 5.69 Å². The molecule has 2 aromatic heterocycles. The van der Waals surface area contributed by atoms with Crippen LogP contribution in [0.4, 0.5) is 11.6 Å². The van der Waals surface area contributed by atoms with Crippen molar-refractivity contribution >= 4 is 11.6 Å². The number of hydrogen-bond donors (Lipinski definition) is 2. The van der Waals surface area contributed by atoms with Crippen molar-refractivity contribution in [2.24, 2.45) is 7.05 Å². The third kappa shape index (κ3) is 2.74. The van der Waals surface area contributed by atoms with E-state index in [9.17, 15) is 0 Å².